The van der Waals surface area contributed by atoms with E-state index in [4.69, 9.17) is 0 Å². The molecule has 0 bridgehead atoms. The number of anilines is 1. The van der Waals surface area contributed by atoms with Crippen molar-refractivity contribution in [3.63, 3.8) is 0 Å². The summed E-state index contributed by atoms with van der Waals surface area (Å²) < 4.78 is 0. The summed E-state index contributed by atoms with van der Waals surface area (Å²) in [5.41, 5.74) is 1.23. The SMILES string of the molecule is CC1CN=C(NCc2cccnc2N2CCN(C)CC2)N1.I. The first-order valence-electron chi connectivity index (χ1n) is 7.64. The summed E-state index contributed by atoms with van der Waals surface area (Å²) in [6.07, 6.45) is 1.88. The summed E-state index contributed by atoms with van der Waals surface area (Å²) in [7, 11) is 2.17. The molecule has 3 heterocycles. The topological polar surface area (TPSA) is 55.8 Å². The Hall–Kier alpha value is -1.09. The first kappa shape index (κ1) is 17.3. The van der Waals surface area contributed by atoms with Gasteiger partial charge in [0.1, 0.15) is 5.82 Å². The lowest BCUT2D eigenvalue weighted by atomic mass is 10.2. The van der Waals surface area contributed by atoms with Gasteiger partial charge in [0.2, 0.25) is 0 Å². The highest BCUT2D eigenvalue weighted by Gasteiger charge is 2.18. The van der Waals surface area contributed by atoms with Gasteiger partial charge in [0.25, 0.3) is 0 Å². The number of hydrogen-bond donors (Lipinski definition) is 2. The summed E-state index contributed by atoms with van der Waals surface area (Å²) in [5.74, 6) is 2.00. The van der Waals surface area contributed by atoms with Crippen LogP contribution in [0.5, 0.6) is 0 Å². The second-order valence-corrected chi connectivity index (χ2v) is 5.86. The van der Waals surface area contributed by atoms with Crippen molar-refractivity contribution in [2.24, 2.45) is 4.99 Å². The summed E-state index contributed by atoms with van der Waals surface area (Å²) >= 11 is 0. The number of piperazine rings is 1. The molecule has 2 aliphatic heterocycles. The number of aromatic nitrogens is 1. The van der Waals surface area contributed by atoms with Crippen molar-refractivity contribution in [1.82, 2.24) is 20.5 Å². The summed E-state index contributed by atoms with van der Waals surface area (Å²) in [5, 5.41) is 6.71. The Morgan fingerprint density at radius 3 is 2.77 bits per heavy atom. The van der Waals surface area contributed by atoms with E-state index in [1.165, 1.54) is 5.56 Å². The Kier molecular flexibility index (Phi) is 6.25. The maximum absolute atomic E-state index is 4.59. The number of halogens is 1. The molecule has 1 aromatic rings. The van der Waals surface area contributed by atoms with Crippen molar-refractivity contribution in [2.45, 2.75) is 19.5 Å². The predicted octanol–water partition coefficient (Wildman–Crippen LogP) is 0.889. The Morgan fingerprint density at radius 1 is 1.32 bits per heavy atom. The molecule has 0 aromatic carbocycles. The first-order valence-corrected chi connectivity index (χ1v) is 7.64. The van der Waals surface area contributed by atoms with Gasteiger partial charge in [-0.2, -0.15) is 0 Å². The fourth-order valence-electron chi connectivity index (χ4n) is 2.71. The van der Waals surface area contributed by atoms with Gasteiger partial charge in [-0.3, -0.25) is 4.99 Å². The van der Waals surface area contributed by atoms with Crippen molar-refractivity contribution in [3.8, 4) is 0 Å². The van der Waals surface area contributed by atoms with E-state index >= 15 is 0 Å². The summed E-state index contributed by atoms with van der Waals surface area (Å²) in [6, 6.07) is 4.58. The molecule has 0 saturated carbocycles. The van der Waals surface area contributed by atoms with Gasteiger partial charge in [-0.25, -0.2) is 4.98 Å². The highest BCUT2D eigenvalue weighted by molar-refractivity contribution is 14.0. The molecule has 2 N–H and O–H groups in total. The normalized spacial score (nSPS) is 21.8. The van der Waals surface area contributed by atoms with Gasteiger partial charge >= 0.3 is 0 Å². The molecule has 122 valence electrons. The molecule has 1 atom stereocenters. The molecular weight excluding hydrogens is 391 g/mol. The molecule has 0 spiro atoms. The average molecular weight is 416 g/mol. The monoisotopic (exact) mass is 416 g/mol. The van der Waals surface area contributed by atoms with E-state index in [0.717, 1.165) is 51.0 Å². The Balaban J connectivity index is 0.00000176. The van der Waals surface area contributed by atoms with Gasteiger partial charge < -0.3 is 20.4 Å². The van der Waals surface area contributed by atoms with Crippen LogP contribution in [0.1, 0.15) is 12.5 Å². The zero-order chi connectivity index (χ0) is 14.7. The molecule has 6 nitrogen and oxygen atoms in total. The van der Waals surface area contributed by atoms with E-state index in [1.54, 1.807) is 0 Å². The third-order valence-electron chi connectivity index (χ3n) is 4.02. The number of hydrogen-bond acceptors (Lipinski definition) is 6. The lowest BCUT2D eigenvalue weighted by Crippen LogP contribution is -2.45. The highest BCUT2D eigenvalue weighted by atomic mass is 127. The van der Waals surface area contributed by atoms with Gasteiger partial charge in [-0.15, -0.1) is 24.0 Å². The largest absolute Gasteiger partial charge is 0.354 e. The third kappa shape index (κ3) is 4.22. The van der Waals surface area contributed by atoms with Crippen LogP contribution >= 0.6 is 24.0 Å². The minimum Gasteiger partial charge on any atom is -0.354 e. The van der Waals surface area contributed by atoms with Crippen LogP contribution in [0, 0.1) is 0 Å². The van der Waals surface area contributed by atoms with E-state index in [-0.39, 0.29) is 24.0 Å². The molecule has 0 aliphatic carbocycles. The van der Waals surface area contributed by atoms with Crippen molar-refractivity contribution < 1.29 is 0 Å². The van der Waals surface area contributed by atoms with E-state index < -0.39 is 0 Å². The number of rotatable bonds is 3. The van der Waals surface area contributed by atoms with Gasteiger partial charge in [0, 0.05) is 50.5 Å². The minimum absolute atomic E-state index is 0. The highest BCUT2D eigenvalue weighted by Crippen LogP contribution is 2.18. The Bertz CT molecular complexity index is 513. The number of pyridine rings is 1. The molecule has 1 fully saturated rings. The van der Waals surface area contributed by atoms with Crippen LogP contribution in [0.4, 0.5) is 5.82 Å². The van der Waals surface area contributed by atoms with Crippen molar-refractivity contribution in [2.75, 3.05) is 44.7 Å². The molecule has 2 aliphatic rings. The van der Waals surface area contributed by atoms with Crippen LogP contribution in [-0.2, 0) is 6.54 Å². The van der Waals surface area contributed by atoms with Gasteiger partial charge in [0.05, 0.1) is 6.54 Å². The summed E-state index contributed by atoms with van der Waals surface area (Å²) in [4.78, 5) is 13.8. The zero-order valence-corrected chi connectivity index (χ0v) is 15.6. The van der Waals surface area contributed by atoms with Crippen LogP contribution in [-0.4, -0.2) is 61.7 Å². The molecule has 22 heavy (non-hydrogen) atoms. The second-order valence-electron chi connectivity index (χ2n) is 5.86. The van der Waals surface area contributed by atoms with E-state index in [1.807, 2.05) is 12.3 Å². The molecule has 0 radical (unpaired) electrons. The van der Waals surface area contributed by atoms with Crippen LogP contribution < -0.4 is 15.5 Å². The fourth-order valence-corrected chi connectivity index (χ4v) is 2.71. The maximum atomic E-state index is 4.59. The van der Waals surface area contributed by atoms with Gasteiger partial charge in [0.15, 0.2) is 5.96 Å². The number of nitrogens with zero attached hydrogens (tertiary/aromatic N) is 4. The van der Waals surface area contributed by atoms with Crippen molar-refractivity contribution >= 4 is 35.8 Å². The molecule has 1 unspecified atom stereocenters. The van der Waals surface area contributed by atoms with E-state index in [2.05, 4.69) is 50.4 Å². The van der Waals surface area contributed by atoms with Crippen LogP contribution in [0.25, 0.3) is 0 Å². The Labute approximate surface area is 149 Å². The second kappa shape index (κ2) is 7.96. The molecule has 1 aromatic heterocycles. The first-order chi connectivity index (χ1) is 10.2. The molecule has 0 amide bonds. The smallest absolute Gasteiger partial charge is 0.191 e. The predicted molar refractivity (Wildman–Crippen MR) is 101 cm³/mol. The number of likely N-dealkylation sites (N-methyl/N-ethyl adjacent to an activating group) is 1. The number of guanidine groups is 1. The van der Waals surface area contributed by atoms with E-state index in [9.17, 15) is 0 Å². The standard InChI is InChI=1S/C15H24N6.HI/c1-12-10-17-15(19-12)18-11-13-4-3-5-16-14(13)21-8-6-20(2)7-9-21;/h3-5,12H,6-11H2,1-2H3,(H2,17,18,19);1H. The van der Waals surface area contributed by atoms with Crippen LogP contribution in [0.15, 0.2) is 23.3 Å². The van der Waals surface area contributed by atoms with Gasteiger partial charge in [-0.05, 0) is 20.0 Å². The quantitative estimate of drug-likeness (QED) is 0.717. The molecule has 7 heteroatoms. The van der Waals surface area contributed by atoms with Crippen molar-refractivity contribution in [3.05, 3.63) is 23.9 Å². The fraction of sp³-hybridized carbons (Fsp3) is 0.600. The maximum Gasteiger partial charge on any atom is 0.191 e. The molecule has 1 saturated heterocycles. The van der Waals surface area contributed by atoms with E-state index in [0.29, 0.717) is 6.04 Å². The Morgan fingerprint density at radius 2 is 2.09 bits per heavy atom. The average Bonchev–Trinajstić information content (AvgIpc) is 2.92. The third-order valence-corrected chi connectivity index (χ3v) is 4.02. The van der Waals surface area contributed by atoms with Gasteiger partial charge in [-0.1, -0.05) is 6.07 Å². The number of nitrogens with one attached hydrogen (secondary N) is 2. The molecular formula is C15H25IN6. The van der Waals surface area contributed by atoms with Crippen molar-refractivity contribution in [1.29, 1.82) is 0 Å². The zero-order valence-electron chi connectivity index (χ0n) is 13.2. The lowest BCUT2D eigenvalue weighted by Gasteiger charge is -2.34. The minimum atomic E-state index is 0. The van der Waals surface area contributed by atoms with Crippen LogP contribution in [0.2, 0.25) is 0 Å². The lowest BCUT2D eigenvalue weighted by molar-refractivity contribution is 0.312. The number of aliphatic imine (C=N–C) groups is 1. The molecule has 3 rings (SSSR count). The summed E-state index contributed by atoms with van der Waals surface area (Å²) in [6.45, 7) is 8.00. The van der Waals surface area contributed by atoms with Crippen LogP contribution in [0.3, 0.4) is 0 Å².